The molecule has 3 fully saturated rings. The zero-order valence-electron chi connectivity index (χ0n) is 31.7. The number of carbonyl (C=O) groups excluding carboxylic acids is 2. The summed E-state index contributed by atoms with van der Waals surface area (Å²) >= 11 is 12.7. The number of rotatable bonds is 10. The molecule has 0 aliphatic carbocycles. The number of hydrogen-bond donors (Lipinski definition) is 0. The van der Waals surface area contributed by atoms with E-state index in [2.05, 4.69) is 4.90 Å². The Hall–Kier alpha value is -3.92. The Morgan fingerprint density at radius 2 is 1.43 bits per heavy atom. The first-order valence-electron chi connectivity index (χ1n) is 19.2. The number of sulfonamides is 1. The standard InChI is InChI=1S/C40H48Cl2N6O7S/c1-3-55-33-26-34(53-2)35(56(51,52)47-15-5-4-6-16-47)25-32(33)39-43-37(28-7-11-30(41)12-8-28)38(29-9-13-31(42)14-10-29)48(39)40(50)46-19-17-44(18-20-46)27-36(49)45-21-23-54-24-22-45/h7-14,25-26,37-38H,3-6,15-24,27H2,1-2H3/t37?,38-/m1/s1. The maximum absolute atomic E-state index is 15.2. The van der Waals surface area contributed by atoms with E-state index in [4.69, 9.17) is 42.4 Å². The Labute approximate surface area is 338 Å². The molecule has 3 aromatic carbocycles. The molecule has 3 amide bonds. The molecule has 0 N–H and O–H groups in total. The number of ether oxygens (including phenoxy) is 3. The molecule has 4 aliphatic rings. The van der Waals surface area contributed by atoms with Crippen LogP contribution in [0.25, 0.3) is 0 Å². The number of methoxy groups -OCH3 is 1. The average molecular weight is 828 g/mol. The predicted octanol–water partition coefficient (Wildman–Crippen LogP) is 5.72. The number of carbonyl (C=O) groups is 2. The molecule has 1 unspecified atom stereocenters. The van der Waals surface area contributed by atoms with Crippen LogP contribution < -0.4 is 9.47 Å². The van der Waals surface area contributed by atoms with E-state index in [-0.39, 0.29) is 41.6 Å². The minimum atomic E-state index is -4.00. The number of amidine groups is 1. The van der Waals surface area contributed by atoms with Gasteiger partial charge in [-0.1, -0.05) is 53.9 Å². The molecular formula is C40H48Cl2N6O7S. The van der Waals surface area contributed by atoms with Crippen molar-refractivity contribution in [2.24, 2.45) is 4.99 Å². The van der Waals surface area contributed by atoms with Gasteiger partial charge >= 0.3 is 6.03 Å². The Bertz CT molecular complexity index is 2020. The van der Waals surface area contributed by atoms with E-state index in [1.54, 1.807) is 46.2 Å². The van der Waals surface area contributed by atoms with Crippen LogP contribution in [0.2, 0.25) is 10.0 Å². The highest BCUT2D eigenvalue weighted by molar-refractivity contribution is 7.89. The van der Waals surface area contributed by atoms with Crippen molar-refractivity contribution in [3.05, 3.63) is 87.4 Å². The van der Waals surface area contributed by atoms with Crippen LogP contribution >= 0.6 is 23.2 Å². The molecule has 56 heavy (non-hydrogen) atoms. The highest BCUT2D eigenvalue weighted by Crippen LogP contribution is 2.47. The maximum atomic E-state index is 15.2. The lowest BCUT2D eigenvalue weighted by Crippen LogP contribution is -2.56. The van der Waals surface area contributed by atoms with Crippen LogP contribution in [0.4, 0.5) is 4.79 Å². The first-order valence-corrected chi connectivity index (χ1v) is 21.4. The van der Waals surface area contributed by atoms with Crippen molar-refractivity contribution in [3.8, 4) is 11.5 Å². The third kappa shape index (κ3) is 8.51. The molecule has 0 saturated carbocycles. The SMILES string of the molecule is CCOc1cc(OC)c(S(=O)(=O)N2CCCCC2)cc1C1=NC(c2ccc(Cl)cc2)[C@@H](c2ccc(Cl)cc2)N1C(=O)N1CCN(CC(=O)N2CCOCC2)CC1. The summed E-state index contributed by atoms with van der Waals surface area (Å²) in [6.07, 6.45) is 2.49. The molecule has 3 aromatic rings. The summed E-state index contributed by atoms with van der Waals surface area (Å²) in [5, 5.41) is 1.09. The molecule has 0 aromatic heterocycles. The van der Waals surface area contributed by atoms with Crippen LogP contribution in [0, 0.1) is 0 Å². The van der Waals surface area contributed by atoms with Crippen LogP contribution in [0.5, 0.6) is 11.5 Å². The number of piperazine rings is 1. The molecule has 2 atom stereocenters. The number of urea groups is 1. The summed E-state index contributed by atoms with van der Waals surface area (Å²) in [5.74, 6) is 0.789. The van der Waals surface area contributed by atoms with Crippen molar-refractivity contribution in [1.82, 2.24) is 23.9 Å². The normalized spacial score (nSPS) is 21.2. The largest absolute Gasteiger partial charge is 0.495 e. The van der Waals surface area contributed by atoms with Gasteiger partial charge < -0.3 is 24.0 Å². The summed E-state index contributed by atoms with van der Waals surface area (Å²) in [6, 6.07) is 16.2. The molecule has 4 heterocycles. The Balaban J connectivity index is 1.31. The van der Waals surface area contributed by atoms with Crippen molar-refractivity contribution >= 4 is 51.0 Å². The minimum absolute atomic E-state index is 0.0213. The topological polar surface area (TPSA) is 125 Å². The Kier molecular flexibility index (Phi) is 12.7. The van der Waals surface area contributed by atoms with Gasteiger partial charge in [0.05, 0.1) is 45.1 Å². The summed E-state index contributed by atoms with van der Waals surface area (Å²) in [7, 11) is -2.57. The number of nitrogens with zero attached hydrogens (tertiary/aromatic N) is 6. The second-order valence-electron chi connectivity index (χ2n) is 14.3. The van der Waals surface area contributed by atoms with Gasteiger partial charge in [0.15, 0.2) is 0 Å². The van der Waals surface area contributed by atoms with Gasteiger partial charge in [0.1, 0.15) is 28.3 Å². The molecule has 300 valence electrons. The molecule has 7 rings (SSSR count). The van der Waals surface area contributed by atoms with Crippen LogP contribution in [-0.2, 0) is 19.6 Å². The third-order valence-electron chi connectivity index (χ3n) is 10.8. The van der Waals surface area contributed by atoms with Gasteiger partial charge in [-0.05, 0) is 61.2 Å². The Morgan fingerprint density at radius 3 is 2.04 bits per heavy atom. The molecule has 3 saturated heterocycles. The van der Waals surface area contributed by atoms with E-state index >= 15 is 4.79 Å². The van der Waals surface area contributed by atoms with Gasteiger partial charge in [-0.3, -0.25) is 19.6 Å². The molecule has 13 nitrogen and oxygen atoms in total. The molecule has 16 heteroatoms. The van der Waals surface area contributed by atoms with E-state index in [0.717, 1.165) is 30.4 Å². The fourth-order valence-corrected chi connectivity index (χ4v) is 9.74. The summed E-state index contributed by atoms with van der Waals surface area (Å²) in [6.45, 7) is 7.13. The van der Waals surface area contributed by atoms with Crippen molar-refractivity contribution in [2.45, 2.75) is 43.2 Å². The fraction of sp³-hybridized carbons (Fsp3) is 0.475. The molecule has 0 bridgehead atoms. The van der Waals surface area contributed by atoms with Gasteiger partial charge in [0, 0.05) is 68.5 Å². The third-order valence-corrected chi connectivity index (χ3v) is 13.2. The van der Waals surface area contributed by atoms with Gasteiger partial charge in [-0.2, -0.15) is 4.31 Å². The van der Waals surface area contributed by atoms with Crippen LogP contribution in [0.3, 0.4) is 0 Å². The van der Waals surface area contributed by atoms with Crippen molar-refractivity contribution in [3.63, 3.8) is 0 Å². The number of amides is 3. The average Bonchev–Trinajstić information content (AvgIpc) is 3.62. The minimum Gasteiger partial charge on any atom is -0.495 e. The molecule has 4 aliphatic heterocycles. The number of hydrogen-bond acceptors (Lipinski definition) is 9. The summed E-state index contributed by atoms with van der Waals surface area (Å²) < 4.78 is 47.4. The van der Waals surface area contributed by atoms with Crippen LogP contribution in [0.1, 0.15) is 55.0 Å². The smallest absolute Gasteiger partial charge is 0.326 e. The van der Waals surface area contributed by atoms with Crippen molar-refractivity contribution < 1.29 is 32.2 Å². The number of morpholine rings is 1. The lowest BCUT2D eigenvalue weighted by atomic mass is 9.93. The summed E-state index contributed by atoms with van der Waals surface area (Å²) in [4.78, 5) is 40.9. The van der Waals surface area contributed by atoms with Gasteiger partial charge in [0.2, 0.25) is 15.9 Å². The van der Waals surface area contributed by atoms with Crippen molar-refractivity contribution in [1.29, 1.82) is 0 Å². The van der Waals surface area contributed by atoms with E-state index < -0.39 is 22.1 Å². The number of piperidine rings is 1. The molecule has 0 radical (unpaired) electrons. The van der Waals surface area contributed by atoms with Gasteiger partial charge in [-0.15, -0.1) is 0 Å². The number of aliphatic imine (C=N–C) groups is 1. The fourth-order valence-electron chi connectivity index (χ4n) is 7.80. The highest BCUT2D eigenvalue weighted by atomic mass is 35.5. The second kappa shape index (κ2) is 17.7. The summed E-state index contributed by atoms with van der Waals surface area (Å²) in [5.41, 5.74) is 1.94. The predicted molar refractivity (Wildman–Crippen MR) is 214 cm³/mol. The van der Waals surface area contributed by atoms with E-state index in [1.807, 2.05) is 36.1 Å². The highest BCUT2D eigenvalue weighted by Gasteiger charge is 2.46. The quantitative estimate of drug-likeness (QED) is 0.255. The number of benzene rings is 3. The monoisotopic (exact) mass is 826 g/mol. The van der Waals surface area contributed by atoms with E-state index in [9.17, 15) is 13.2 Å². The van der Waals surface area contributed by atoms with Gasteiger partial charge in [-0.25, -0.2) is 13.2 Å². The first-order chi connectivity index (χ1) is 27.1. The molecule has 0 spiro atoms. The lowest BCUT2D eigenvalue weighted by Gasteiger charge is -2.39. The van der Waals surface area contributed by atoms with E-state index in [1.165, 1.54) is 11.4 Å². The first kappa shape index (κ1) is 40.3. The van der Waals surface area contributed by atoms with Crippen LogP contribution in [0.15, 0.2) is 70.6 Å². The Morgan fingerprint density at radius 1 is 0.804 bits per heavy atom. The van der Waals surface area contributed by atoms with E-state index in [0.29, 0.717) is 86.9 Å². The van der Waals surface area contributed by atoms with Crippen LogP contribution in [-0.4, -0.2) is 136 Å². The second-order valence-corrected chi connectivity index (χ2v) is 17.0. The molecular weight excluding hydrogens is 779 g/mol. The van der Waals surface area contributed by atoms with Crippen molar-refractivity contribution in [2.75, 3.05) is 85.8 Å². The zero-order valence-corrected chi connectivity index (χ0v) is 34.1. The number of halogens is 2. The van der Waals surface area contributed by atoms with Gasteiger partial charge in [0.25, 0.3) is 0 Å². The lowest BCUT2D eigenvalue weighted by molar-refractivity contribution is -0.136. The maximum Gasteiger partial charge on any atom is 0.326 e. The zero-order chi connectivity index (χ0) is 39.4.